The second-order valence-corrected chi connectivity index (χ2v) is 10.6. The molecule has 1 amide bonds. The fourth-order valence-electron chi connectivity index (χ4n) is 4.32. The topological polar surface area (TPSA) is 117 Å². The van der Waals surface area contributed by atoms with Gasteiger partial charge in [-0.2, -0.15) is 0 Å². The quantitative estimate of drug-likeness (QED) is 0.344. The molecule has 1 aliphatic heterocycles. The second kappa shape index (κ2) is 12.2. The van der Waals surface area contributed by atoms with Crippen LogP contribution in [0.1, 0.15) is 34.3 Å². The highest BCUT2D eigenvalue weighted by Gasteiger charge is 2.13. The number of carbonyl (C=O) groups excluding carboxylic acids is 1. The van der Waals surface area contributed by atoms with Crippen molar-refractivity contribution in [1.29, 1.82) is 0 Å². The molecule has 8 nitrogen and oxygen atoms in total. The van der Waals surface area contributed by atoms with E-state index in [4.69, 9.17) is 5.14 Å². The van der Waals surface area contributed by atoms with Crippen LogP contribution in [-0.2, 0) is 23.0 Å². The highest BCUT2D eigenvalue weighted by atomic mass is 32.2. The maximum Gasteiger partial charge on any atom is 0.251 e. The summed E-state index contributed by atoms with van der Waals surface area (Å²) in [6, 6.07) is 18.3. The highest BCUT2D eigenvalue weighted by molar-refractivity contribution is 7.89. The van der Waals surface area contributed by atoms with Gasteiger partial charge in [0.25, 0.3) is 5.91 Å². The number of nitrogens with two attached hydrogens (primary N) is 1. The first-order valence-electron chi connectivity index (χ1n) is 12.3. The summed E-state index contributed by atoms with van der Waals surface area (Å²) >= 11 is 0. The molecule has 0 aliphatic carbocycles. The third-order valence-electron chi connectivity index (χ3n) is 6.33. The van der Waals surface area contributed by atoms with Crippen LogP contribution in [0.15, 0.2) is 71.8 Å². The van der Waals surface area contributed by atoms with Gasteiger partial charge in [-0.1, -0.05) is 30.3 Å². The molecule has 1 fully saturated rings. The molecular formula is C27H33N5O3S. The van der Waals surface area contributed by atoms with Gasteiger partial charge in [0.05, 0.1) is 10.6 Å². The first-order valence-corrected chi connectivity index (χ1v) is 13.8. The highest BCUT2D eigenvalue weighted by Crippen LogP contribution is 2.19. The summed E-state index contributed by atoms with van der Waals surface area (Å²) < 4.78 is 22.7. The predicted molar refractivity (Wildman–Crippen MR) is 141 cm³/mol. The van der Waals surface area contributed by atoms with E-state index < -0.39 is 10.0 Å². The Morgan fingerprint density at radius 3 is 2.50 bits per heavy atom. The first-order chi connectivity index (χ1) is 17.4. The van der Waals surface area contributed by atoms with E-state index >= 15 is 0 Å². The number of sulfonamides is 1. The smallest absolute Gasteiger partial charge is 0.251 e. The van der Waals surface area contributed by atoms with Crippen LogP contribution >= 0.6 is 0 Å². The molecule has 36 heavy (non-hydrogen) atoms. The Morgan fingerprint density at radius 1 is 0.972 bits per heavy atom. The fourth-order valence-corrected chi connectivity index (χ4v) is 4.83. The van der Waals surface area contributed by atoms with E-state index in [1.54, 1.807) is 24.4 Å². The van der Waals surface area contributed by atoms with Crippen molar-refractivity contribution in [3.63, 3.8) is 0 Å². The Balaban J connectivity index is 1.28. The Labute approximate surface area is 213 Å². The molecule has 9 heteroatoms. The van der Waals surface area contributed by atoms with Crippen LogP contribution in [0.3, 0.4) is 0 Å². The molecule has 4 N–H and O–H groups in total. The first kappa shape index (κ1) is 26.0. The number of hydrogen-bond acceptors (Lipinski definition) is 6. The lowest BCUT2D eigenvalue weighted by molar-refractivity contribution is 0.0949. The number of primary sulfonamides is 1. The molecule has 2 aromatic carbocycles. The second-order valence-electron chi connectivity index (χ2n) is 9.05. The molecule has 1 aliphatic rings. The lowest BCUT2D eigenvalue weighted by atomic mass is 10.1. The summed E-state index contributed by atoms with van der Waals surface area (Å²) in [5.74, 6) is -0.0761. The summed E-state index contributed by atoms with van der Waals surface area (Å²) in [7, 11) is -3.67. The van der Waals surface area contributed by atoms with Crippen molar-refractivity contribution in [3.05, 3.63) is 83.6 Å². The van der Waals surface area contributed by atoms with E-state index in [9.17, 15) is 13.2 Å². The Kier molecular flexibility index (Phi) is 8.82. The number of nitrogens with zero attached hydrogens (tertiary/aromatic N) is 2. The lowest BCUT2D eigenvalue weighted by Gasteiger charge is -2.14. The molecule has 190 valence electrons. The van der Waals surface area contributed by atoms with Crippen molar-refractivity contribution in [1.82, 2.24) is 20.5 Å². The van der Waals surface area contributed by atoms with E-state index in [1.165, 1.54) is 25.0 Å². The minimum absolute atomic E-state index is 0.0761. The van der Waals surface area contributed by atoms with Crippen LogP contribution in [0.4, 0.5) is 0 Å². The number of amides is 1. The van der Waals surface area contributed by atoms with Crippen LogP contribution in [0, 0.1) is 0 Å². The number of carbonyl (C=O) groups is 1. The number of pyridine rings is 1. The molecular weight excluding hydrogens is 474 g/mol. The largest absolute Gasteiger partial charge is 0.351 e. The SMILES string of the molecule is NS(=O)(=O)c1ccc(CCNCc2cccc(-c3cc(C(=O)NCCN4CCCC4)ccn3)c2)cc1. The summed E-state index contributed by atoms with van der Waals surface area (Å²) in [6.07, 6.45) is 4.93. The van der Waals surface area contributed by atoms with E-state index in [0.29, 0.717) is 18.7 Å². The monoisotopic (exact) mass is 507 g/mol. The van der Waals surface area contributed by atoms with Gasteiger partial charge in [0.2, 0.25) is 10.0 Å². The molecule has 0 saturated carbocycles. The zero-order chi connectivity index (χ0) is 25.4. The van der Waals surface area contributed by atoms with Gasteiger partial charge in [-0.3, -0.25) is 9.78 Å². The van der Waals surface area contributed by atoms with Crippen LogP contribution in [0.25, 0.3) is 11.3 Å². The minimum Gasteiger partial charge on any atom is -0.351 e. The van der Waals surface area contributed by atoms with E-state index in [-0.39, 0.29) is 10.8 Å². The van der Waals surface area contributed by atoms with E-state index in [0.717, 1.165) is 55.0 Å². The summed E-state index contributed by atoms with van der Waals surface area (Å²) in [5, 5.41) is 11.6. The number of aromatic nitrogens is 1. The molecule has 0 unspecified atom stereocenters. The molecule has 1 saturated heterocycles. The van der Waals surface area contributed by atoms with E-state index in [2.05, 4.69) is 26.6 Å². The summed E-state index contributed by atoms with van der Waals surface area (Å²) in [6.45, 7) is 5.20. The minimum atomic E-state index is -3.67. The number of nitrogens with one attached hydrogen (secondary N) is 2. The molecule has 4 rings (SSSR count). The van der Waals surface area contributed by atoms with Gasteiger partial charge in [0.1, 0.15) is 0 Å². The van der Waals surface area contributed by atoms with Crippen LogP contribution in [0.2, 0.25) is 0 Å². The van der Waals surface area contributed by atoms with Gasteiger partial charge in [-0.25, -0.2) is 13.6 Å². The Morgan fingerprint density at radius 2 is 1.75 bits per heavy atom. The fraction of sp³-hybridized carbons (Fsp3) is 0.333. The number of benzene rings is 2. The average Bonchev–Trinajstić information content (AvgIpc) is 3.40. The van der Waals surface area contributed by atoms with Crippen molar-refractivity contribution >= 4 is 15.9 Å². The normalized spacial score (nSPS) is 14.1. The molecule has 0 spiro atoms. The number of rotatable bonds is 11. The maximum absolute atomic E-state index is 12.6. The zero-order valence-corrected chi connectivity index (χ0v) is 21.1. The third kappa shape index (κ3) is 7.44. The standard InChI is InChI=1S/C27H33N5O3S/c28-36(34,35)25-8-6-21(7-9-25)10-12-29-20-22-4-3-5-23(18-22)26-19-24(11-13-30-26)27(33)31-14-17-32-15-1-2-16-32/h3-9,11,13,18-19,29H,1-2,10,12,14-17,20H2,(H,31,33)(H2,28,34,35). The Bertz CT molecular complexity index is 1270. The van der Waals surface area contributed by atoms with Crippen LogP contribution in [-0.4, -0.2) is 56.9 Å². The molecule has 0 bridgehead atoms. The molecule has 1 aromatic heterocycles. The maximum atomic E-state index is 12.6. The summed E-state index contributed by atoms with van der Waals surface area (Å²) in [4.78, 5) is 19.6. The number of likely N-dealkylation sites (tertiary alicyclic amines) is 1. The van der Waals surface area contributed by atoms with Gasteiger partial charge in [-0.15, -0.1) is 0 Å². The van der Waals surface area contributed by atoms with Gasteiger partial charge in [0, 0.05) is 37.0 Å². The zero-order valence-electron chi connectivity index (χ0n) is 20.3. The van der Waals surface area contributed by atoms with Crippen molar-refractivity contribution in [2.24, 2.45) is 5.14 Å². The summed E-state index contributed by atoms with van der Waals surface area (Å²) in [5.41, 5.74) is 4.47. The Hall–Kier alpha value is -3.11. The van der Waals surface area contributed by atoms with Crippen molar-refractivity contribution in [3.8, 4) is 11.3 Å². The van der Waals surface area contributed by atoms with Gasteiger partial charge >= 0.3 is 0 Å². The van der Waals surface area contributed by atoms with Crippen molar-refractivity contribution < 1.29 is 13.2 Å². The van der Waals surface area contributed by atoms with E-state index in [1.807, 2.05) is 24.3 Å². The van der Waals surface area contributed by atoms with Gasteiger partial charge < -0.3 is 15.5 Å². The average molecular weight is 508 g/mol. The van der Waals surface area contributed by atoms with Crippen LogP contribution in [0.5, 0.6) is 0 Å². The number of hydrogen-bond donors (Lipinski definition) is 3. The van der Waals surface area contributed by atoms with Gasteiger partial charge in [-0.05, 0) is 80.4 Å². The van der Waals surface area contributed by atoms with Crippen molar-refractivity contribution in [2.75, 3.05) is 32.7 Å². The predicted octanol–water partition coefficient (Wildman–Crippen LogP) is 2.55. The molecule has 0 radical (unpaired) electrons. The van der Waals surface area contributed by atoms with Crippen LogP contribution < -0.4 is 15.8 Å². The van der Waals surface area contributed by atoms with Gasteiger partial charge in [0.15, 0.2) is 0 Å². The molecule has 3 aromatic rings. The third-order valence-corrected chi connectivity index (χ3v) is 7.26. The molecule has 0 atom stereocenters. The van der Waals surface area contributed by atoms with Crippen molar-refractivity contribution in [2.45, 2.75) is 30.7 Å². The lowest BCUT2D eigenvalue weighted by Crippen LogP contribution is -2.33. The molecule has 2 heterocycles.